The highest BCUT2D eigenvalue weighted by Crippen LogP contribution is 2.06. The van der Waals surface area contributed by atoms with Crippen molar-refractivity contribution in [3.8, 4) is 0 Å². The number of aliphatic hydroxyl groups is 1. The molecule has 0 spiro atoms. The zero-order chi connectivity index (χ0) is 7.82. The fourth-order valence-electron chi connectivity index (χ4n) is 0.899. The molecule has 0 rings (SSSR count). The number of hydrogen-bond donors (Lipinski definition) is 2. The summed E-state index contributed by atoms with van der Waals surface area (Å²) in [4.78, 5) is 0. The Hall–Kier alpha value is -0.0800. The van der Waals surface area contributed by atoms with E-state index in [4.69, 9.17) is 10.8 Å². The number of aliphatic hydroxyl groups excluding tert-OH is 1. The highest BCUT2D eigenvalue weighted by molar-refractivity contribution is 4.52. The average Bonchev–Trinajstić information content (AvgIpc) is 1.98. The molecule has 0 aliphatic heterocycles. The Balaban J connectivity index is 2.89. The van der Waals surface area contributed by atoms with Crippen LogP contribution in [0.1, 0.15) is 32.6 Å². The largest absolute Gasteiger partial charge is 0.396 e. The lowest BCUT2D eigenvalue weighted by atomic mass is 10.0. The Morgan fingerprint density at radius 1 is 1.30 bits per heavy atom. The quantitative estimate of drug-likeness (QED) is 0.550. The summed E-state index contributed by atoms with van der Waals surface area (Å²) in [6.07, 6.45) is 4.49. The first-order valence-corrected chi connectivity index (χ1v) is 4.12. The van der Waals surface area contributed by atoms with Gasteiger partial charge in [0.2, 0.25) is 0 Å². The van der Waals surface area contributed by atoms with Crippen molar-refractivity contribution in [2.24, 2.45) is 11.7 Å². The molecule has 0 aromatic heterocycles. The van der Waals surface area contributed by atoms with Gasteiger partial charge in [-0.15, -0.1) is 0 Å². The minimum Gasteiger partial charge on any atom is -0.396 e. The molecule has 0 aromatic carbocycles. The van der Waals surface area contributed by atoms with Gasteiger partial charge in [0.1, 0.15) is 0 Å². The van der Waals surface area contributed by atoms with E-state index in [0.29, 0.717) is 12.5 Å². The average molecular weight is 145 g/mol. The molecule has 0 aliphatic rings. The van der Waals surface area contributed by atoms with Crippen molar-refractivity contribution < 1.29 is 5.11 Å². The zero-order valence-corrected chi connectivity index (χ0v) is 6.84. The third-order valence-corrected chi connectivity index (χ3v) is 1.76. The van der Waals surface area contributed by atoms with Gasteiger partial charge in [0, 0.05) is 6.61 Å². The monoisotopic (exact) mass is 145 g/mol. The van der Waals surface area contributed by atoms with Crippen molar-refractivity contribution in [3.05, 3.63) is 0 Å². The molecule has 0 amide bonds. The van der Waals surface area contributed by atoms with E-state index in [-0.39, 0.29) is 0 Å². The van der Waals surface area contributed by atoms with Gasteiger partial charge in [-0.05, 0) is 25.3 Å². The molecule has 2 nitrogen and oxygen atoms in total. The fourth-order valence-corrected chi connectivity index (χ4v) is 0.899. The molecule has 0 aromatic rings. The summed E-state index contributed by atoms with van der Waals surface area (Å²) in [5.41, 5.74) is 5.44. The normalized spacial score (nSPS) is 13.5. The fraction of sp³-hybridized carbons (Fsp3) is 1.00. The molecule has 0 unspecified atom stereocenters. The van der Waals surface area contributed by atoms with Gasteiger partial charge in [-0.3, -0.25) is 0 Å². The molecule has 10 heavy (non-hydrogen) atoms. The standard InChI is InChI=1S/C8H19NO/c1-8(7-9)5-3-2-4-6-10/h8,10H,2-7,9H2,1H3/t8-/m1/s1. The van der Waals surface area contributed by atoms with E-state index in [2.05, 4.69) is 6.92 Å². The van der Waals surface area contributed by atoms with Crippen LogP contribution in [0.25, 0.3) is 0 Å². The van der Waals surface area contributed by atoms with E-state index >= 15 is 0 Å². The number of hydrogen-bond acceptors (Lipinski definition) is 2. The van der Waals surface area contributed by atoms with Crippen LogP contribution in [-0.2, 0) is 0 Å². The van der Waals surface area contributed by atoms with E-state index < -0.39 is 0 Å². The van der Waals surface area contributed by atoms with Crippen molar-refractivity contribution in [3.63, 3.8) is 0 Å². The van der Waals surface area contributed by atoms with Crippen molar-refractivity contribution in [2.45, 2.75) is 32.6 Å². The maximum absolute atomic E-state index is 8.46. The molecular formula is C8H19NO. The van der Waals surface area contributed by atoms with Gasteiger partial charge < -0.3 is 10.8 Å². The molecule has 2 heteroatoms. The van der Waals surface area contributed by atoms with Crippen LogP contribution >= 0.6 is 0 Å². The molecular weight excluding hydrogens is 126 g/mol. The lowest BCUT2D eigenvalue weighted by Gasteiger charge is -2.06. The van der Waals surface area contributed by atoms with Crippen LogP contribution in [-0.4, -0.2) is 18.3 Å². The van der Waals surface area contributed by atoms with Crippen LogP contribution in [0.4, 0.5) is 0 Å². The summed E-state index contributed by atoms with van der Waals surface area (Å²) in [6.45, 7) is 3.29. The maximum atomic E-state index is 8.46. The molecule has 0 saturated heterocycles. The van der Waals surface area contributed by atoms with Crippen LogP contribution in [0.15, 0.2) is 0 Å². The first-order valence-electron chi connectivity index (χ1n) is 4.12. The molecule has 62 valence electrons. The van der Waals surface area contributed by atoms with E-state index in [1.807, 2.05) is 0 Å². The van der Waals surface area contributed by atoms with Gasteiger partial charge >= 0.3 is 0 Å². The summed E-state index contributed by atoms with van der Waals surface area (Å²) < 4.78 is 0. The Kier molecular flexibility index (Phi) is 6.98. The minimum atomic E-state index is 0.330. The Labute approximate surface area is 63.4 Å². The topological polar surface area (TPSA) is 46.2 Å². The second kappa shape index (κ2) is 7.03. The van der Waals surface area contributed by atoms with Crippen molar-refractivity contribution in [1.29, 1.82) is 0 Å². The Morgan fingerprint density at radius 3 is 2.50 bits per heavy atom. The van der Waals surface area contributed by atoms with Gasteiger partial charge in [0.05, 0.1) is 0 Å². The van der Waals surface area contributed by atoms with E-state index in [1.165, 1.54) is 12.8 Å². The molecule has 0 aliphatic carbocycles. The summed E-state index contributed by atoms with van der Waals surface area (Å²) in [7, 11) is 0. The van der Waals surface area contributed by atoms with Gasteiger partial charge in [-0.2, -0.15) is 0 Å². The van der Waals surface area contributed by atoms with Gasteiger partial charge in [0.15, 0.2) is 0 Å². The first-order chi connectivity index (χ1) is 4.81. The highest BCUT2D eigenvalue weighted by atomic mass is 16.2. The smallest absolute Gasteiger partial charge is 0.0431 e. The summed E-state index contributed by atoms with van der Waals surface area (Å²) in [5, 5.41) is 8.46. The molecule has 3 N–H and O–H groups in total. The van der Waals surface area contributed by atoms with Crippen LogP contribution in [0.5, 0.6) is 0 Å². The van der Waals surface area contributed by atoms with Gasteiger partial charge in [-0.1, -0.05) is 19.8 Å². The van der Waals surface area contributed by atoms with Crippen LogP contribution in [0.3, 0.4) is 0 Å². The maximum Gasteiger partial charge on any atom is 0.0431 e. The van der Waals surface area contributed by atoms with E-state index in [9.17, 15) is 0 Å². The number of rotatable bonds is 6. The van der Waals surface area contributed by atoms with Crippen LogP contribution in [0, 0.1) is 5.92 Å². The molecule has 0 heterocycles. The van der Waals surface area contributed by atoms with Crippen molar-refractivity contribution in [1.82, 2.24) is 0 Å². The lowest BCUT2D eigenvalue weighted by molar-refractivity contribution is 0.281. The predicted molar refractivity (Wildman–Crippen MR) is 43.8 cm³/mol. The second-order valence-corrected chi connectivity index (χ2v) is 2.91. The number of nitrogens with two attached hydrogens (primary N) is 1. The first kappa shape index (κ1) is 9.92. The van der Waals surface area contributed by atoms with E-state index in [1.54, 1.807) is 0 Å². The van der Waals surface area contributed by atoms with Gasteiger partial charge in [-0.25, -0.2) is 0 Å². The number of unbranched alkanes of at least 4 members (excludes halogenated alkanes) is 2. The predicted octanol–water partition coefficient (Wildman–Crippen LogP) is 1.13. The summed E-state index contributed by atoms with van der Waals surface area (Å²) in [6, 6.07) is 0. The SMILES string of the molecule is C[C@@H](CN)CCCCCO. The lowest BCUT2D eigenvalue weighted by Crippen LogP contribution is -2.10. The van der Waals surface area contributed by atoms with Crippen molar-refractivity contribution in [2.75, 3.05) is 13.2 Å². The Bertz CT molecular complexity index is 66.3. The van der Waals surface area contributed by atoms with Gasteiger partial charge in [0.25, 0.3) is 0 Å². The highest BCUT2D eigenvalue weighted by Gasteiger charge is 1.97. The minimum absolute atomic E-state index is 0.330. The molecule has 0 fully saturated rings. The van der Waals surface area contributed by atoms with E-state index in [0.717, 1.165) is 19.4 Å². The van der Waals surface area contributed by atoms with Crippen molar-refractivity contribution >= 4 is 0 Å². The molecule has 1 atom stereocenters. The third-order valence-electron chi connectivity index (χ3n) is 1.76. The van der Waals surface area contributed by atoms with Crippen LogP contribution < -0.4 is 5.73 Å². The zero-order valence-electron chi connectivity index (χ0n) is 6.84. The second-order valence-electron chi connectivity index (χ2n) is 2.91. The summed E-state index contributed by atoms with van der Waals surface area (Å²) in [5.74, 6) is 0.652. The molecule has 0 radical (unpaired) electrons. The molecule has 0 bridgehead atoms. The van der Waals surface area contributed by atoms with Crippen LogP contribution in [0.2, 0.25) is 0 Å². The summed E-state index contributed by atoms with van der Waals surface area (Å²) >= 11 is 0. The molecule has 0 saturated carbocycles. The Morgan fingerprint density at radius 2 is 2.00 bits per heavy atom. The third kappa shape index (κ3) is 6.05.